The van der Waals surface area contributed by atoms with Crippen molar-refractivity contribution in [2.24, 2.45) is 0 Å². The number of aliphatic hydroxyl groups is 1. The van der Waals surface area contributed by atoms with Gasteiger partial charge in [0.2, 0.25) is 0 Å². The summed E-state index contributed by atoms with van der Waals surface area (Å²) in [5.41, 5.74) is 0.361. The van der Waals surface area contributed by atoms with Crippen LogP contribution in [-0.2, 0) is 6.42 Å². The molecule has 94 valence electrons. The molecule has 0 unspecified atom stereocenters. The second-order valence-electron chi connectivity index (χ2n) is 4.17. The van der Waals surface area contributed by atoms with Crippen LogP contribution in [0.25, 0.3) is 0 Å². The minimum atomic E-state index is -1.34. The Morgan fingerprint density at radius 3 is 3.06 bits per heavy atom. The number of hydrogen-bond acceptors (Lipinski definition) is 4. The van der Waals surface area contributed by atoms with Crippen molar-refractivity contribution in [3.05, 3.63) is 16.1 Å². The summed E-state index contributed by atoms with van der Waals surface area (Å²) in [5.74, 6) is -0.289. The molecular weight excluding hydrogens is 243 g/mol. The number of amides is 1. The molecule has 1 fully saturated rings. The van der Waals surface area contributed by atoms with Crippen LogP contribution < -0.4 is 0 Å². The van der Waals surface area contributed by atoms with Gasteiger partial charge in [-0.2, -0.15) is 0 Å². The van der Waals surface area contributed by atoms with E-state index in [2.05, 4.69) is 4.98 Å². The van der Waals surface area contributed by atoms with Gasteiger partial charge in [-0.15, -0.1) is 11.3 Å². The Morgan fingerprint density at radius 2 is 2.47 bits per heavy atom. The van der Waals surface area contributed by atoms with E-state index in [1.54, 1.807) is 5.38 Å². The molecule has 0 radical (unpaired) electrons. The fourth-order valence-electron chi connectivity index (χ4n) is 1.81. The van der Waals surface area contributed by atoms with Crippen molar-refractivity contribution in [1.29, 1.82) is 0 Å². The summed E-state index contributed by atoms with van der Waals surface area (Å²) in [5, 5.41) is 11.9. The van der Waals surface area contributed by atoms with Crippen molar-refractivity contribution in [2.45, 2.75) is 32.0 Å². The average Bonchev–Trinajstić information content (AvgIpc) is 2.87. The lowest BCUT2D eigenvalue weighted by Gasteiger charge is -2.12. The van der Waals surface area contributed by atoms with Gasteiger partial charge in [-0.25, -0.2) is 9.37 Å². The third-order valence-electron chi connectivity index (χ3n) is 2.74. The van der Waals surface area contributed by atoms with Crippen molar-refractivity contribution in [3.8, 4) is 0 Å². The molecule has 2 rings (SSSR count). The molecule has 0 aromatic carbocycles. The lowest BCUT2D eigenvalue weighted by molar-refractivity contribution is 0.0759. The second kappa shape index (κ2) is 5.10. The van der Waals surface area contributed by atoms with Gasteiger partial charge in [0.05, 0.1) is 11.6 Å². The number of β-amino-alcohol motifs (C(OH)–C–C–N with tert-alkyl or cyclic N) is 1. The maximum atomic E-state index is 13.1. The number of carbonyl (C=O) groups excluding carboxylic acids is 1. The number of alkyl halides is 1. The maximum Gasteiger partial charge on any atom is 0.273 e. The minimum Gasteiger partial charge on any atom is -0.388 e. The van der Waals surface area contributed by atoms with Crippen LogP contribution in [0.15, 0.2) is 5.38 Å². The van der Waals surface area contributed by atoms with E-state index in [4.69, 9.17) is 0 Å². The minimum absolute atomic E-state index is 0.0410. The number of nitrogens with zero attached hydrogens (tertiary/aromatic N) is 2. The second-order valence-corrected chi connectivity index (χ2v) is 5.11. The molecule has 0 bridgehead atoms. The summed E-state index contributed by atoms with van der Waals surface area (Å²) in [6.07, 6.45) is -0.567. The number of halogens is 1. The number of likely N-dealkylation sites (tertiary alicyclic amines) is 1. The SMILES string of the molecule is CCCc1nc(C(=O)N2C[C@@H](O)[C@H](F)C2)cs1. The Bertz CT molecular complexity index is 400. The maximum absolute atomic E-state index is 13.1. The molecule has 1 aliphatic rings. The van der Waals surface area contributed by atoms with Gasteiger partial charge in [0.1, 0.15) is 18.0 Å². The summed E-state index contributed by atoms with van der Waals surface area (Å²) >= 11 is 1.45. The van der Waals surface area contributed by atoms with Gasteiger partial charge < -0.3 is 10.0 Å². The van der Waals surface area contributed by atoms with Crippen LogP contribution in [0.5, 0.6) is 0 Å². The number of aromatic nitrogens is 1. The van der Waals surface area contributed by atoms with Crippen molar-refractivity contribution in [1.82, 2.24) is 9.88 Å². The van der Waals surface area contributed by atoms with Crippen molar-refractivity contribution < 1.29 is 14.3 Å². The van der Waals surface area contributed by atoms with E-state index >= 15 is 0 Å². The van der Waals surface area contributed by atoms with Gasteiger partial charge in [-0.3, -0.25) is 4.79 Å². The number of aliphatic hydroxyl groups excluding tert-OH is 1. The molecule has 6 heteroatoms. The molecule has 0 aliphatic carbocycles. The molecule has 1 aliphatic heterocycles. The normalized spacial score (nSPS) is 24.3. The fourth-order valence-corrected chi connectivity index (χ4v) is 2.69. The topological polar surface area (TPSA) is 53.4 Å². The number of thiazole rings is 1. The highest BCUT2D eigenvalue weighted by Gasteiger charge is 2.35. The lowest BCUT2D eigenvalue weighted by atomic mass is 10.3. The quantitative estimate of drug-likeness (QED) is 0.887. The Balaban J connectivity index is 2.04. The predicted molar refractivity (Wildman–Crippen MR) is 62.9 cm³/mol. The monoisotopic (exact) mass is 258 g/mol. The molecule has 2 atom stereocenters. The summed E-state index contributed by atoms with van der Waals surface area (Å²) in [7, 11) is 0. The Labute approximate surface area is 103 Å². The van der Waals surface area contributed by atoms with Crippen molar-refractivity contribution >= 4 is 17.2 Å². The molecule has 2 heterocycles. The van der Waals surface area contributed by atoms with E-state index in [-0.39, 0.29) is 19.0 Å². The highest BCUT2D eigenvalue weighted by Crippen LogP contribution is 2.18. The first-order valence-corrected chi connectivity index (χ1v) is 6.55. The van der Waals surface area contributed by atoms with E-state index in [9.17, 15) is 14.3 Å². The van der Waals surface area contributed by atoms with Crippen LogP contribution in [-0.4, -0.2) is 46.3 Å². The van der Waals surface area contributed by atoms with Crippen molar-refractivity contribution in [3.63, 3.8) is 0 Å². The summed E-state index contributed by atoms with van der Waals surface area (Å²) in [6.45, 7) is 2.06. The molecule has 17 heavy (non-hydrogen) atoms. The number of carbonyl (C=O) groups is 1. The van der Waals surface area contributed by atoms with E-state index < -0.39 is 12.3 Å². The third kappa shape index (κ3) is 2.63. The highest BCUT2D eigenvalue weighted by molar-refractivity contribution is 7.09. The van der Waals surface area contributed by atoms with E-state index in [0.29, 0.717) is 5.69 Å². The van der Waals surface area contributed by atoms with E-state index in [0.717, 1.165) is 17.8 Å². The van der Waals surface area contributed by atoms with Gasteiger partial charge in [-0.05, 0) is 12.8 Å². The Hall–Kier alpha value is -1.01. The Morgan fingerprint density at radius 1 is 1.71 bits per heavy atom. The summed E-state index contributed by atoms with van der Waals surface area (Å²) in [4.78, 5) is 17.5. The van der Waals surface area contributed by atoms with Gasteiger partial charge in [0, 0.05) is 11.9 Å². The van der Waals surface area contributed by atoms with Crippen LogP contribution >= 0.6 is 11.3 Å². The van der Waals surface area contributed by atoms with Crippen LogP contribution in [0.4, 0.5) is 4.39 Å². The molecule has 0 spiro atoms. The Kier molecular flexibility index (Phi) is 3.73. The average molecular weight is 258 g/mol. The summed E-state index contributed by atoms with van der Waals surface area (Å²) in [6, 6.07) is 0. The first-order chi connectivity index (χ1) is 8.11. The molecule has 4 nitrogen and oxygen atoms in total. The van der Waals surface area contributed by atoms with Gasteiger partial charge in [0.15, 0.2) is 0 Å². The molecule has 1 aromatic rings. The van der Waals surface area contributed by atoms with Gasteiger partial charge in [0.25, 0.3) is 5.91 Å². The predicted octanol–water partition coefficient (Wildman–Crippen LogP) is 1.25. The number of rotatable bonds is 3. The number of aryl methyl sites for hydroxylation is 1. The molecule has 1 N–H and O–H groups in total. The smallest absolute Gasteiger partial charge is 0.273 e. The largest absolute Gasteiger partial charge is 0.388 e. The van der Waals surface area contributed by atoms with E-state index in [1.165, 1.54) is 16.2 Å². The zero-order valence-corrected chi connectivity index (χ0v) is 10.4. The zero-order valence-electron chi connectivity index (χ0n) is 9.60. The standard InChI is InChI=1S/C11H15FN2O2S/c1-2-3-10-13-8(6-17-10)11(16)14-4-7(12)9(15)5-14/h6-7,9,15H,2-5H2,1H3/t7-,9-/m1/s1. The molecule has 1 aromatic heterocycles. The first-order valence-electron chi connectivity index (χ1n) is 5.67. The molecule has 1 saturated heterocycles. The number of hydrogen-bond donors (Lipinski definition) is 1. The van der Waals surface area contributed by atoms with Crippen LogP contribution in [0.2, 0.25) is 0 Å². The molecular formula is C11H15FN2O2S. The van der Waals surface area contributed by atoms with Crippen LogP contribution in [0.3, 0.4) is 0 Å². The van der Waals surface area contributed by atoms with Crippen LogP contribution in [0.1, 0.15) is 28.8 Å². The van der Waals surface area contributed by atoms with E-state index in [1.807, 2.05) is 6.92 Å². The van der Waals surface area contributed by atoms with Gasteiger partial charge in [-0.1, -0.05) is 6.92 Å². The van der Waals surface area contributed by atoms with Crippen molar-refractivity contribution in [2.75, 3.05) is 13.1 Å². The van der Waals surface area contributed by atoms with Gasteiger partial charge >= 0.3 is 0 Å². The highest BCUT2D eigenvalue weighted by atomic mass is 32.1. The van der Waals surface area contributed by atoms with Crippen LogP contribution in [0, 0.1) is 0 Å². The third-order valence-corrected chi connectivity index (χ3v) is 3.65. The fraction of sp³-hybridized carbons (Fsp3) is 0.636. The summed E-state index contributed by atoms with van der Waals surface area (Å²) < 4.78 is 13.1. The molecule has 0 saturated carbocycles. The molecule has 1 amide bonds. The first kappa shape index (κ1) is 12.4. The lowest BCUT2D eigenvalue weighted by Crippen LogP contribution is -2.29. The zero-order chi connectivity index (χ0) is 12.4.